The van der Waals surface area contributed by atoms with E-state index >= 15 is 0 Å². The Morgan fingerprint density at radius 2 is 1.73 bits per heavy atom. The summed E-state index contributed by atoms with van der Waals surface area (Å²) in [5.74, 6) is 0. The van der Waals surface area contributed by atoms with E-state index in [0.29, 0.717) is 16.6 Å². The average Bonchev–Trinajstić information content (AvgIpc) is 2.92. The molecule has 0 saturated carbocycles. The van der Waals surface area contributed by atoms with Crippen molar-refractivity contribution in [1.29, 1.82) is 0 Å². The van der Waals surface area contributed by atoms with E-state index in [1.165, 1.54) is 5.57 Å². The van der Waals surface area contributed by atoms with Gasteiger partial charge >= 0.3 is 0 Å². The molecule has 0 unspecified atom stereocenters. The first-order valence-corrected chi connectivity index (χ1v) is 7.81. The molecule has 4 rings (SSSR count). The quantitative estimate of drug-likeness (QED) is 0.726. The summed E-state index contributed by atoms with van der Waals surface area (Å²) in [7, 11) is 0. The van der Waals surface area contributed by atoms with Gasteiger partial charge in [0.05, 0.1) is 18.8 Å². The minimum atomic E-state index is 0.641. The zero-order valence-electron chi connectivity index (χ0n) is 11.7. The summed E-state index contributed by atoms with van der Waals surface area (Å²) in [5, 5.41) is 1.39. The van der Waals surface area contributed by atoms with Gasteiger partial charge in [-0.25, -0.2) is 0 Å². The van der Waals surface area contributed by atoms with Gasteiger partial charge in [-0.2, -0.15) is 0 Å². The zero-order valence-corrected chi connectivity index (χ0v) is 13.2. The Morgan fingerprint density at radius 3 is 2.59 bits per heavy atom. The molecule has 4 heteroatoms. The van der Waals surface area contributed by atoms with Crippen molar-refractivity contribution in [3.63, 3.8) is 0 Å². The maximum absolute atomic E-state index is 6.38. The molecule has 108 valence electrons. The number of rotatable bonds is 1. The van der Waals surface area contributed by atoms with Gasteiger partial charge in [0.15, 0.2) is 0 Å². The molecule has 0 fully saturated rings. The Labute approximate surface area is 138 Å². The number of fused-ring (bicyclic) bond motifs is 2. The fourth-order valence-electron chi connectivity index (χ4n) is 2.91. The second-order valence-corrected chi connectivity index (χ2v) is 6.17. The lowest BCUT2D eigenvalue weighted by Gasteiger charge is -2.12. The Kier molecular flexibility index (Phi) is 3.36. The van der Waals surface area contributed by atoms with Gasteiger partial charge in [0, 0.05) is 33.0 Å². The summed E-state index contributed by atoms with van der Waals surface area (Å²) in [6, 6.07) is 13.7. The van der Waals surface area contributed by atoms with Crippen LogP contribution in [-0.4, -0.2) is 25.0 Å². The second kappa shape index (κ2) is 5.38. The maximum atomic E-state index is 6.38. The van der Waals surface area contributed by atoms with E-state index in [-0.39, 0.29) is 0 Å². The van der Waals surface area contributed by atoms with E-state index in [4.69, 9.17) is 28.2 Å². The summed E-state index contributed by atoms with van der Waals surface area (Å²) >= 11 is 12.6. The van der Waals surface area contributed by atoms with Gasteiger partial charge in [-0.3, -0.25) is 9.98 Å². The number of aliphatic imine (C=N–C) groups is 2. The molecule has 2 aromatic rings. The maximum Gasteiger partial charge on any atom is 0.0744 e. The van der Waals surface area contributed by atoms with Crippen LogP contribution < -0.4 is 0 Å². The normalized spacial score (nSPS) is 16.2. The molecule has 0 atom stereocenters. The van der Waals surface area contributed by atoms with Crippen molar-refractivity contribution >= 4 is 40.7 Å². The van der Waals surface area contributed by atoms with Crippen LogP contribution in [0.5, 0.6) is 0 Å². The van der Waals surface area contributed by atoms with E-state index in [1.807, 2.05) is 48.7 Å². The molecular weight excluding hydrogens is 315 g/mol. The summed E-state index contributed by atoms with van der Waals surface area (Å²) in [6.45, 7) is 1.36. The fourth-order valence-corrected chi connectivity index (χ4v) is 3.31. The van der Waals surface area contributed by atoms with Crippen LogP contribution in [0.25, 0.3) is 5.57 Å². The number of halogens is 2. The smallest absolute Gasteiger partial charge is 0.0744 e. The summed E-state index contributed by atoms with van der Waals surface area (Å²) in [4.78, 5) is 9.19. The summed E-state index contributed by atoms with van der Waals surface area (Å²) in [5.41, 5.74) is 6.37. The fraction of sp³-hybridized carbons (Fsp3) is 0.111. The zero-order chi connectivity index (χ0) is 15.1. The van der Waals surface area contributed by atoms with Crippen molar-refractivity contribution in [3.05, 3.63) is 74.8 Å². The molecule has 0 spiro atoms. The SMILES string of the molecule is Clc1ccc2c(c1)C(c1ccccc1Cl)=NCC1=C2C=NC1. The van der Waals surface area contributed by atoms with Crippen molar-refractivity contribution in [2.45, 2.75) is 0 Å². The lowest BCUT2D eigenvalue weighted by Crippen LogP contribution is -2.07. The van der Waals surface area contributed by atoms with Crippen LogP contribution >= 0.6 is 23.2 Å². The van der Waals surface area contributed by atoms with Crippen molar-refractivity contribution in [1.82, 2.24) is 0 Å². The first kappa shape index (κ1) is 13.7. The Hall–Kier alpha value is -1.90. The van der Waals surface area contributed by atoms with E-state index in [9.17, 15) is 0 Å². The summed E-state index contributed by atoms with van der Waals surface area (Å²) in [6.07, 6.45) is 1.94. The average molecular weight is 327 g/mol. The third-order valence-corrected chi connectivity index (χ3v) is 4.53. The van der Waals surface area contributed by atoms with Gasteiger partial charge < -0.3 is 0 Å². The van der Waals surface area contributed by atoms with Gasteiger partial charge in [0.1, 0.15) is 0 Å². The molecule has 2 aliphatic rings. The van der Waals surface area contributed by atoms with E-state index < -0.39 is 0 Å². The monoisotopic (exact) mass is 326 g/mol. The molecule has 0 bridgehead atoms. The molecule has 22 heavy (non-hydrogen) atoms. The number of benzene rings is 2. The predicted octanol–water partition coefficient (Wildman–Crippen LogP) is 4.68. The molecule has 0 N–H and O–H groups in total. The van der Waals surface area contributed by atoms with E-state index in [2.05, 4.69) is 4.99 Å². The third kappa shape index (κ3) is 2.20. The van der Waals surface area contributed by atoms with E-state index in [1.54, 1.807) is 0 Å². The van der Waals surface area contributed by atoms with Gasteiger partial charge in [0.2, 0.25) is 0 Å². The van der Waals surface area contributed by atoms with Crippen molar-refractivity contribution in [2.24, 2.45) is 9.98 Å². The van der Waals surface area contributed by atoms with Crippen LogP contribution in [0.15, 0.2) is 58.0 Å². The van der Waals surface area contributed by atoms with Crippen molar-refractivity contribution in [3.8, 4) is 0 Å². The standard InChI is InChI=1S/C18H12Cl2N2/c19-12-5-6-13-15(7-12)18(14-3-1-2-4-17(14)20)22-9-11-8-21-10-16(11)13/h1-7,10H,8-9H2. The highest BCUT2D eigenvalue weighted by atomic mass is 35.5. The van der Waals surface area contributed by atoms with Crippen LogP contribution in [0.2, 0.25) is 10.0 Å². The lowest BCUT2D eigenvalue weighted by atomic mass is 9.93. The minimum absolute atomic E-state index is 0.641. The van der Waals surface area contributed by atoms with Crippen LogP contribution in [0.1, 0.15) is 16.7 Å². The van der Waals surface area contributed by atoms with Gasteiger partial charge in [-0.1, -0.05) is 47.5 Å². The molecule has 0 radical (unpaired) electrons. The number of nitrogens with zero attached hydrogens (tertiary/aromatic N) is 2. The Balaban J connectivity index is 1.98. The van der Waals surface area contributed by atoms with Crippen LogP contribution in [-0.2, 0) is 0 Å². The van der Waals surface area contributed by atoms with Gasteiger partial charge in [0.25, 0.3) is 0 Å². The van der Waals surface area contributed by atoms with Gasteiger partial charge in [-0.15, -0.1) is 0 Å². The molecule has 0 aliphatic carbocycles. The first-order valence-electron chi connectivity index (χ1n) is 7.05. The lowest BCUT2D eigenvalue weighted by molar-refractivity contribution is 1.07. The largest absolute Gasteiger partial charge is 0.288 e. The number of hydrogen-bond acceptors (Lipinski definition) is 2. The van der Waals surface area contributed by atoms with Crippen LogP contribution in [0, 0.1) is 0 Å². The second-order valence-electron chi connectivity index (χ2n) is 5.32. The molecule has 2 nitrogen and oxygen atoms in total. The number of allylic oxidation sites excluding steroid dienone is 1. The highest BCUT2D eigenvalue weighted by Crippen LogP contribution is 2.33. The van der Waals surface area contributed by atoms with Crippen LogP contribution in [0.3, 0.4) is 0 Å². The third-order valence-electron chi connectivity index (χ3n) is 3.97. The summed E-state index contributed by atoms with van der Waals surface area (Å²) < 4.78 is 0. The number of hydrogen-bond donors (Lipinski definition) is 0. The minimum Gasteiger partial charge on any atom is -0.288 e. The predicted molar refractivity (Wildman–Crippen MR) is 93.7 cm³/mol. The highest BCUT2D eigenvalue weighted by molar-refractivity contribution is 6.36. The molecule has 2 aromatic carbocycles. The molecule has 2 heterocycles. The molecule has 0 aromatic heterocycles. The van der Waals surface area contributed by atoms with Gasteiger partial charge in [-0.05, 0) is 29.3 Å². The Morgan fingerprint density at radius 1 is 0.864 bits per heavy atom. The molecular formula is C18H12Cl2N2. The molecule has 2 aliphatic heterocycles. The Bertz CT molecular complexity index is 863. The topological polar surface area (TPSA) is 24.7 Å². The van der Waals surface area contributed by atoms with Crippen LogP contribution in [0.4, 0.5) is 0 Å². The van der Waals surface area contributed by atoms with Crippen molar-refractivity contribution < 1.29 is 0 Å². The highest BCUT2D eigenvalue weighted by Gasteiger charge is 2.23. The first-order chi connectivity index (χ1) is 10.7. The molecule has 0 saturated heterocycles. The van der Waals surface area contributed by atoms with E-state index in [0.717, 1.165) is 34.5 Å². The molecule has 0 amide bonds. The van der Waals surface area contributed by atoms with Crippen molar-refractivity contribution in [2.75, 3.05) is 13.1 Å².